The molecule has 1 aliphatic heterocycles. The number of fused-ring (bicyclic) bond motifs is 1. The minimum Gasteiger partial charge on any atom is -0.476 e. The summed E-state index contributed by atoms with van der Waals surface area (Å²) in [4.78, 5) is 13.0. The molecule has 1 N–H and O–H groups in total. The van der Waals surface area contributed by atoms with Crippen LogP contribution in [0.25, 0.3) is 0 Å². The first kappa shape index (κ1) is 23.4. The molecule has 0 radical (unpaired) electrons. The molecule has 178 valence electrons. The summed E-state index contributed by atoms with van der Waals surface area (Å²) in [6, 6.07) is 17.3. The molecule has 34 heavy (non-hydrogen) atoms. The molecular weight excluding hydrogens is 473 g/mol. The van der Waals surface area contributed by atoms with Gasteiger partial charge in [0.15, 0.2) is 6.10 Å². The van der Waals surface area contributed by atoms with Crippen LogP contribution < -0.4 is 19.1 Å². The van der Waals surface area contributed by atoms with Crippen molar-refractivity contribution in [1.29, 1.82) is 0 Å². The molecule has 1 amide bonds. The molecule has 0 aromatic heterocycles. The number of amides is 1. The van der Waals surface area contributed by atoms with E-state index in [9.17, 15) is 26.4 Å². The van der Waals surface area contributed by atoms with E-state index in [-0.39, 0.29) is 22.9 Å². The molecule has 3 aromatic rings. The number of hydrogen-bond acceptors (Lipinski definition) is 5. The van der Waals surface area contributed by atoms with E-state index in [1.54, 1.807) is 43.3 Å². The molecule has 7 nitrogen and oxygen atoms in total. The van der Waals surface area contributed by atoms with Gasteiger partial charge < -0.3 is 14.8 Å². The standard InChI is InChI=1S/C23H19F3N2O5S/c1-15-7-12-20-19(13-15)28(34(30,31)18-5-3-2-4-6-18)14-21(32-20)22(29)27-16-8-10-17(11-9-16)33-23(24,25)26/h2-13,21H,14H2,1H3,(H,27,29). The largest absolute Gasteiger partial charge is 0.573 e. The Morgan fingerprint density at radius 3 is 2.38 bits per heavy atom. The molecule has 1 atom stereocenters. The summed E-state index contributed by atoms with van der Waals surface area (Å²) in [6.07, 6.45) is -6.04. The van der Waals surface area contributed by atoms with Crippen LogP contribution in [-0.4, -0.2) is 33.3 Å². The van der Waals surface area contributed by atoms with E-state index in [4.69, 9.17) is 4.74 Å². The van der Waals surface area contributed by atoms with Gasteiger partial charge in [-0.2, -0.15) is 0 Å². The Morgan fingerprint density at radius 2 is 1.74 bits per heavy atom. The Labute approximate surface area is 193 Å². The number of rotatable bonds is 5. The molecule has 1 unspecified atom stereocenters. The van der Waals surface area contributed by atoms with Crippen LogP contribution in [0.15, 0.2) is 77.7 Å². The van der Waals surface area contributed by atoms with Crippen LogP contribution in [0.2, 0.25) is 0 Å². The molecule has 1 aliphatic rings. The number of ether oxygens (including phenoxy) is 2. The van der Waals surface area contributed by atoms with Crippen molar-refractivity contribution >= 4 is 27.3 Å². The maximum atomic E-state index is 13.4. The highest BCUT2D eigenvalue weighted by atomic mass is 32.2. The minimum absolute atomic E-state index is 0.0590. The molecule has 11 heteroatoms. The smallest absolute Gasteiger partial charge is 0.476 e. The first-order chi connectivity index (χ1) is 16.0. The molecule has 4 rings (SSSR count). The van der Waals surface area contributed by atoms with E-state index in [1.165, 1.54) is 24.3 Å². The van der Waals surface area contributed by atoms with E-state index in [2.05, 4.69) is 10.1 Å². The quantitative estimate of drug-likeness (QED) is 0.568. The zero-order valence-corrected chi connectivity index (χ0v) is 18.6. The normalized spacial score (nSPS) is 15.8. The van der Waals surface area contributed by atoms with Crippen LogP contribution in [0.4, 0.5) is 24.5 Å². The lowest BCUT2D eigenvalue weighted by atomic mass is 10.1. The van der Waals surface area contributed by atoms with Crippen molar-refractivity contribution < 1.29 is 35.9 Å². The summed E-state index contributed by atoms with van der Waals surface area (Å²) in [6.45, 7) is 1.51. The maximum absolute atomic E-state index is 13.4. The van der Waals surface area contributed by atoms with Crippen molar-refractivity contribution in [3.63, 3.8) is 0 Å². The van der Waals surface area contributed by atoms with Gasteiger partial charge in [0, 0.05) is 5.69 Å². The number of halogens is 3. The highest BCUT2D eigenvalue weighted by Gasteiger charge is 2.37. The fourth-order valence-electron chi connectivity index (χ4n) is 3.41. The summed E-state index contributed by atoms with van der Waals surface area (Å²) in [5.41, 5.74) is 1.30. The number of nitrogens with one attached hydrogen (secondary N) is 1. The number of carbonyl (C=O) groups excluding carboxylic acids is 1. The fourth-order valence-corrected chi connectivity index (χ4v) is 4.90. The third-order valence-corrected chi connectivity index (χ3v) is 6.76. The Bertz CT molecular complexity index is 1300. The molecule has 0 aliphatic carbocycles. The number of anilines is 2. The lowest BCUT2D eigenvalue weighted by Crippen LogP contribution is -2.48. The first-order valence-electron chi connectivity index (χ1n) is 10.0. The number of carbonyl (C=O) groups is 1. The van der Waals surface area contributed by atoms with Crippen LogP contribution in [-0.2, 0) is 14.8 Å². The molecule has 3 aromatic carbocycles. The predicted octanol–water partition coefficient (Wildman–Crippen LogP) is 4.49. The SMILES string of the molecule is Cc1ccc2c(c1)N(S(=O)(=O)c1ccccc1)CC(C(=O)Nc1ccc(OC(F)(F)F)cc1)O2. The maximum Gasteiger partial charge on any atom is 0.573 e. The molecule has 0 saturated heterocycles. The Morgan fingerprint density at radius 1 is 1.06 bits per heavy atom. The van der Waals surface area contributed by atoms with Gasteiger partial charge in [0.05, 0.1) is 17.1 Å². The lowest BCUT2D eigenvalue weighted by molar-refractivity contribution is -0.274. The van der Waals surface area contributed by atoms with Crippen LogP contribution in [0.5, 0.6) is 11.5 Å². The van der Waals surface area contributed by atoms with Crippen LogP contribution in [0, 0.1) is 6.92 Å². The number of alkyl halides is 3. The predicted molar refractivity (Wildman–Crippen MR) is 118 cm³/mol. The summed E-state index contributed by atoms with van der Waals surface area (Å²) >= 11 is 0. The molecule has 0 bridgehead atoms. The van der Waals surface area contributed by atoms with Crippen molar-refractivity contribution in [2.75, 3.05) is 16.2 Å². The number of hydrogen-bond donors (Lipinski definition) is 1. The van der Waals surface area contributed by atoms with Crippen molar-refractivity contribution in [3.8, 4) is 11.5 Å². The fraction of sp³-hybridized carbons (Fsp3) is 0.174. The second-order valence-corrected chi connectivity index (χ2v) is 9.35. The Balaban J connectivity index is 1.59. The van der Waals surface area contributed by atoms with Gasteiger partial charge in [0.2, 0.25) is 0 Å². The van der Waals surface area contributed by atoms with E-state index >= 15 is 0 Å². The van der Waals surface area contributed by atoms with Gasteiger partial charge in [0.1, 0.15) is 11.5 Å². The van der Waals surface area contributed by atoms with E-state index in [0.29, 0.717) is 5.69 Å². The molecule has 0 fully saturated rings. The van der Waals surface area contributed by atoms with Gasteiger partial charge in [-0.1, -0.05) is 24.3 Å². The van der Waals surface area contributed by atoms with Crippen LogP contribution >= 0.6 is 0 Å². The molecule has 1 heterocycles. The average Bonchev–Trinajstić information content (AvgIpc) is 2.79. The van der Waals surface area contributed by atoms with E-state index in [1.807, 2.05) is 0 Å². The van der Waals surface area contributed by atoms with Crippen molar-refractivity contribution in [2.24, 2.45) is 0 Å². The van der Waals surface area contributed by atoms with Gasteiger partial charge in [-0.3, -0.25) is 9.10 Å². The lowest BCUT2D eigenvalue weighted by Gasteiger charge is -2.35. The minimum atomic E-state index is -4.83. The third-order valence-electron chi connectivity index (χ3n) is 4.96. The number of aryl methyl sites for hydroxylation is 1. The van der Waals surface area contributed by atoms with Crippen molar-refractivity contribution in [1.82, 2.24) is 0 Å². The van der Waals surface area contributed by atoms with Crippen LogP contribution in [0.1, 0.15) is 5.56 Å². The highest BCUT2D eigenvalue weighted by Crippen LogP contribution is 2.38. The van der Waals surface area contributed by atoms with Crippen molar-refractivity contribution in [2.45, 2.75) is 24.3 Å². The second kappa shape index (κ2) is 8.90. The number of nitrogens with zero attached hydrogens (tertiary/aromatic N) is 1. The van der Waals surface area contributed by atoms with E-state index in [0.717, 1.165) is 22.0 Å². The molecular formula is C23H19F3N2O5S. The van der Waals surface area contributed by atoms with E-state index < -0.39 is 34.1 Å². The van der Waals surface area contributed by atoms with Gasteiger partial charge in [-0.25, -0.2) is 8.42 Å². The number of sulfonamides is 1. The summed E-state index contributed by atoms with van der Waals surface area (Å²) in [5.74, 6) is -0.891. The monoisotopic (exact) mass is 492 g/mol. The summed E-state index contributed by atoms with van der Waals surface area (Å²) in [5, 5.41) is 2.53. The van der Waals surface area contributed by atoms with Gasteiger partial charge >= 0.3 is 6.36 Å². The Hall–Kier alpha value is -3.73. The summed E-state index contributed by atoms with van der Waals surface area (Å²) in [7, 11) is -4.00. The topological polar surface area (TPSA) is 84.9 Å². The first-order valence-corrected chi connectivity index (χ1v) is 11.5. The third kappa shape index (κ3) is 5.09. The molecule has 0 spiro atoms. The molecule has 0 saturated carbocycles. The summed E-state index contributed by atoms with van der Waals surface area (Å²) < 4.78 is 74.5. The average molecular weight is 492 g/mol. The number of benzene rings is 3. The van der Waals surface area contributed by atoms with Gasteiger partial charge in [-0.05, 0) is 61.0 Å². The highest BCUT2D eigenvalue weighted by molar-refractivity contribution is 7.92. The Kier molecular flexibility index (Phi) is 6.13. The van der Waals surface area contributed by atoms with Gasteiger partial charge in [0.25, 0.3) is 15.9 Å². The van der Waals surface area contributed by atoms with Gasteiger partial charge in [-0.15, -0.1) is 13.2 Å². The zero-order chi connectivity index (χ0) is 24.5. The zero-order valence-electron chi connectivity index (χ0n) is 17.7. The van der Waals surface area contributed by atoms with Crippen LogP contribution in [0.3, 0.4) is 0 Å². The second-order valence-electron chi connectivity index (χ2n) is 7.49. The van der Waals surface area contributed by atoms with Crippen molar-refractivity contribution in [3.05, 3.63) is 78.4 Å².